The lowest BCUT2D eigenvalue weighted by atomic mass is 10.1. The number of hydrogen-bond donors (Lipinski definition) is 2. The number of thiocarbonyl (C=S) groups is 1. The molecule has 0 aliphatic carbocycles. The Bertz CT molecular complexity index is 365. The maximum absolute atomic E-state index is 5.55. The molecule has 0 spiro atoms. The summed E-state index contributed by atoms with van der Waals surface area (Å²) < 4.78 is 5.18. The van der Waals surface area contributed by atoms with Gasteiger partial charge in [-0.05, 0) is 18.6 Å². The highest BCUT2D eigenvalue weighted by atomic mass is 32.1. The number of methoxy groups -OCH3 is 1. The monoisotopic (exact) mass is 253 g/mol. The molecule has 4 nitrogen and oxygen atoms in total. The van der Waals surface area contributed by atoms with E-state index in [1.807, 2.05) is 12.1 Å². The van der Waals surface area contributed by atoms with Gasteiger partial charge in [0.05, 0.1) is 12.3 Å². The van der Waals surface area contributed by atoms with Crippen molar-refractivity contribution in [3.05, 3.63) is 24.0 Å². The lowest BCUT2D eigenvalue weighted by molar-refractivity contribution is 0.182. The number of rotatable bonds is 7. The number of anilines is 1. The second kappa shape index (κ2) is 7.19. The zero-order valence-electron chi connectivity index (χ0n) is 10.3. The summed E-state index contributed by atoms with van der Waals surface area (Å²) in [7, 11) is 1.71. The zero-order valence-corrected chi connectivity index (χ0v) is 11.1. The van der Waals surface area contributed by atoms with Gasteiger partial charge in [-0.2, -0.15) is 0 Å². The number of aromatic nitrogens is 1. The quantitative estimate of drug-likeness (QED) is 0.727. The van der Waals surface area contributed by atoms with Crippen molar-refractivity contribution in [3.8, 4) is 0 Å². The topological polar surface area (TPSA) is 60.2 Å². The van der Waals surface area contributed by atoms with Crippen molar-refractivity contribution in [2.75, 3.05) is 19.0 Å². The molecule has 1 heterocycles. The number of hydrogen-bond acceptors (Lipinski definition) is 4. The molecule has 1 unspecified atom stereocenters. The Labute approximate surface area is 108 Å². The van der Waals surface area contributed by atoms with Crippen LogP contribution in [0.5, 0.6) is 0 Å². The van der Waals surface area contributed by atoms with Crippen LogP contribution in [0.3, 0.4) is 0 Å². The van der Waals surface area contributed by atoms with Crippen LogP contribution < -0.4 is 11.1 Å². The smallest absolute Gasteiger partial charge is 0.122 e. The van der Waals surface area contributed by atoms with Crippen LogP contribution in [-0.4, -0.2) is 29.7 Å². The molecule has 0 fully saturated rings. The highest BCUT2D eigenvalue weighted by Gasteiger charge is 2.08. The van der Waals surface area contributed by atoms with Gasteiger partial charge in [0.15, 0.2) is 0 Å². The first kappa shape index (κ1) is 13.9. The van der Waals surface area contributed by atoms with E-state index in [1.54, 1.807) is 13.3 Å². The van der Waals surface area contributed by atoms with Gasteiger partial charge in [-0.3, -0.25) is 4.98 Å². The van der Waals surface area contributed by atoms with E-state index in [1.165, 1.54) is 0 Å². The van der Waals surface area contributed by atoms with Crippen LogP contribution in [-0.2, 0) is 4.74 Å². The molecular weight excluding hydrogens is 234 g/mol. The lowest BCUT2D eigenvalue weighted by Gasteiger charge is -2.18. The highest BCUT2D eigenvalue weighted by molar-refractivity contribution is 7.80. The van der Waals surface area contributed by atoms with Crippen molar-refractivity contribution >= 4 is 22.9 Å². The van der Waals surface area contributed by atoms with Gasteiger partial charge in [0.2, 0.25) is 0 Å². The maximum Gasteiger partial charge on any atom is 0.122 e. The van der Waals surface area contributed by atoms with Gasteiger partial charge in [0.1, 0.15) is 4.99 Å². The van der Waals surface area contributed by atoms with E-state index < -0.39 is 0 Å². The Hall–Kier alpha value is -1.20. The second-order valence-corrected chi connectivity index (χ2v) is 4.32. The molecule has 0 saturated heterocycles. The van der Waals surface area contributed by atoms with Gasteiger partial charge in [0.25, 0.3) is 0 Å². The first-order valence-corrected chi connectivity index (χ1v) is 6.09. The summed E-state index contributed by atoms with van der Waals surface area (Å²) in [6, 6.07) is 4.06. The molecule has 3 N–H and O–H groups in total. The van der Waals surface area contributed by atoms with E-state index >= 15 is 0 Å². The largest absolute Gasteiger partial charge is 0.388 e. The van der Waals surface area contributed by atoms with Crippen LogP contribution >= 0.6 is 12.2 Å². The SMILES string of the molecule is CCCC(COC)Nc1ccnc(C(N)=S)c1. The van der Waals surface area contributed by atoms with E-state index in [0.717, 1.165) is 18.5 Å². The lowest BCUT2D eigenvalue weighted by Crippen LogP contribution is -2.25. The van der Waals surface area contributed by atoms with Crippen molar-refractivity contribution in [2.24, 2.45) is 5.73 Å². The Balaban J connectivity index is 2.71. The molecular formula is C12H19N3OS. The standard InChI is InChI=1S/C12H19N3OS/c1-3-4-10(8-16-2)15-9-5-6-14-11(7-9)12(13)17/h5-7,10H,3-4,8H2,1-2H3,(H2,13,17)(H,14,15). The third kappa shape index (κ3) is 4.66. The van der Waals surface area contributed by atoms with Gasteiger partial charge < -0.3 is 15.8 Å². The minimum atomic E-state index is 0.298. The fourth-order valence-corrected chi connectivity index (χ4v) is 1.75. The zero-order chi connectivity index (χ0) is 12.7. The predicted molar refractivity (Wildman–Crippen MR) is 74.3 cm³/mol. The summed E-state index contributed by atoms with van der Waals surface area (Å²) in [4.78, 5) is 4.41. The Kier molecular flexibility index (Phi) is 5.86. The first-order valence-electron chi connectivity index (χ1n) is 5.68. The molecule has 1 aromatic rings. The summed E-state index contributed by atoms with van der Waals surface area (Å²) in [6.07, 6.45) is 3.86. The molecule has 1 atom stereocenters. The van der Waals surface area contributed by atoms with Crippen molar-refractivity contribution in [3.63, 3.8) is 0 Å². The van der Waals surface area contributed by atoms with Crippen LogP contribution in [0.25, 0.3) is 0 Å². The summed E-state index contributed by atoms with van der Waals surface area (Å²) in [5.41, 5.74) is 7.15. The molecule has 0 aromatic carbocycles. The van der Waals surface area contributed by atoms with E-state index in [-0.39, 0.29) is 0 Å². The van der Waals surface area contributed by atoms with E-state index in [4.69, 9.17) is 22.7 Å². The molecule has 0 bridgehead atoms. The molecule has 17 heavy (non-hydrogen) atoms. The summed E-state index contributed by atoms with van der Waals surface area (Å²) in [5.74, 6) is 0. The Morgan fingerprint density at radius 3 is 3.00 bits per heavy atom. The number of ether oxygens (including phenoxy) is 1. The van der Waals surface area contributed by atoms with E-state index in [0.29, 0.717) is 23.3 Å². The molecule has 94 valence electrons. The number of nitrogens with zero attached hydrogens (tertiary/aromatic N) is 1. The normalized spacial score (nSPS) is 12.1. The second-order valence-electron chi connectivity index (χ2n) is 3.88. The molecule has 0 aliphatic heterocycles. The maximum atomic E-state index is 5.55. The first-order chi connectivity index (χ1) is 8.17. The van der Waals surface area contributed by atoms with Gasteiger partial charge in [-0.1, -0.05) is 25.6 Å². The third-order valence-corrected chi connectivity index (χ3v) is 2.60. The van der Waals surface area contributed by atoms with Crippen molar-refractivity contribution in [1.82, 2.24) is 4.98 Å². The fourth-order valence-electron chi connectivity index (χ4n) is 1.64. The molecule has 0 amide bonds. The summed E-state index contributed by atoms with van der Waals surface area (Å²) in [6.45, 7) is 2.83. The number of nitrogens with one attached hydrogen (secondary N) is 1. The molecule has 0 saturated carbocycles. The third-order valence-electron chi connectivity index (χ3n) is 2.39. The Morgan fingerprint density at radius 2 is 2.41 bits per heavy atom. The molecule has 1 aromatic heterocycles. The van der Waals surface area contributed by atoms with Crippen LogP contribution in [0.1, 0.15) is 25.5 Å². The summed E-state index contributed by atoms with van der Waals surface area (Å²) >= 11 is 4.90. The van der Waals surface area contributed by atoms with Crippen LogP contribution in [0, 0.1) is 0 Å². The fraction of sp³-hybridized carbons (Fsp3) is 0.500. The average Bonchev–Trinajstić information content (AvgIpc) is 2.30. The minimum Gasteiger partial charge on any atom is -0.388 e. The number of nitrogens with two attached hydrogens (primary N) is 1. The highest BCUT2D eigenvalue weighted by Crippen LogP contribution is 2.12. The Morgan fingerprint density at radius 1 is 1.65 bits per heavy atom. The van der Waals surface area contributed by atoms with Crippen LogP contribution in [0.2, 0.25) is 0 Å². The van der Waals surface area contributed by atoms with Crippen LogP contribution in [0.4, 0.5) is 5.69 Å². The van der Waals surface area contributed by atoms with Crippen LogP contribution in [0.15, 0.2) is 18.3 Å². The van der Waals surface area contributed by atoms with Gasteiger partial charge in [-0.25, -0.2) is 0 Å². The van der Waals surface area contributed by atoms with Gasteiger partial charge in [0, 0.05) is 25.0 Å². The summed E-state index contributed by atoms with van der Waals surface area (Å²) in [5, 5.41) is 3.40. The van der Waals surface area contributed by atoms with Gasteiger partial charge in [-0.15, -0.1) is 0 Å². The minimum absolute atomic E-state index is 0.298. The van der Waals surface area contributed by atoms with Crippen molar-refractivity contribution in [1.29, 1.82) is 0 Å². The molecule has 0 aliphatic rings. The predicted octanol–water partition coefficient (Wildman–Crippen LogP) is 1.94. The van der Waals surface area contributed by atoms with Crippen molar-refractivity contribution < 1.29 is 4.74 Å². The van der Waals surface area contributed by atoms with Gasteiger partial charge >= 0.3 is 0 Å². The number of pyridine rings is 1. The molecule has 5 heteroatoms. The molecule has 0 radical (unpaired) electrons. The van der Waals surface area contributed by atoms with Crippen molar-refractivity contribution in [2.45, 2.75) is 25.8 Å². The van der Waals surface area contributed by atoms with E-state index in [9.17, 15) is 0 Å². The molecule has 1 rings (SSSR count). The van der Waals surface area contributed by atoms with E-state index in [2.05, 4.69) is 17.2 Å². The average molecular weight is 253 g/mol.